The minimum absolute atomic E-state index is 0.275. The third-order valence-electron chi connectivity index (χ3n) is 5.18. The lowest BCUT2D eigenvalue weighted by atomic mass is 9.86. The molecule has 0 bridgehead atoms. The molecular weight excluding hydrogens is 411 g/mol. The van der Waals surface area contributed by atoms with Crippen LogP contribution in [0, 0.1) is 5.92 Å². The molecule has 0 unspecified atom stereocenters. The zero-order chi connectivity index (χ0) is 22.4. The monoisotopic (exact) mass is 439 g/mol. The smallest absolute Gasteiger partial charge is 0.436 e. The van der Waals surface area contributed by atoms with Gasteiger partial charge in [-0.2, -0.15) is 18.3 Å². The van der Waals surface area contributed by atoms with Crippen molar-refractivity contribution in [2.45, 2.75) is 68.9 Å². The number of rotatable bonds is 3. The van der Waals surface area contributed by atoms with Crippen LogP contribution < -0.4 is 0 Å². The molecule has 11 heteroatoms. The number of ether oxygens (including phenoxy) is 1. The number of carbonyl (C=O) groups excluding carboxylic acids is 1. The fourth-order valence-corrected chi connectivity index (χ4v) is 5.39. The first-order valence-corrected chi connectivity index (χ1v) is 10.8. The summed E-state index contributed by atoms with van der Waals surface area (Å²) in [6, 6.07) is 0. The van der Waals surface area contributed by atoms with E-state index in [1.807, 2.05) is 0 Å². The standard InChI is InChI=1S/C18H28F3N3O4S/c1-16(2,3)28-15(25)24-9-7-12(8-10-24)17(4,5)29(26,27)13-11-23(6)22-14(13)18(19,20)21/h11-12H,7-10H2,1-6H3. The topological polar surface area (TPSA) is 81.5 Å². The van der Waals surface area contributed by atoms with Crippen molar-refractivity contribution < 1.29 is 31.1 Å². The molecule has 0 atom stereocenters. The fraction of sp³-hybridized carbons (Fsp3) is 0.778. The zero-order valence-electron chi connectivity index (χ0n) is 17.5. The lowest BCUT2D eigenvalue weighted by Crippen LogP contribution is -2.48. The van der Waals surface area contributed by atoms with E-state index in [0.29, 0.717) is 12.8 Å². The van der Waals surface area contributed by atoms with Gasteiger partial charge >= 0.3 is 12.3 Å². The highest BCUT2D eigenvalue weighted by molar-refractivity contribution is 7.92. The minimum Gasteiger partial charge on any atom is -0.444 e. The number of nitrogens with zero attached hydrogens (tertiary/aromatic N) is 3. The van der Waals surface area contributed by atoms with Gasteiger partial charge in [0.15, 0.2) is 15.5 Å². The molecule has 2 rings (SSSR count). The zero-order valence-corrected chi connectivity index (χ0v) is 18.3. The van der Waals surface area contributed by atoms with E-state index in [1.165, 1.54) is 25.8 Å². The maximum atomic E-state index is 13.3. The highest BCUT2D eigenvalue weighted by Gasteiger charge is 2.49. The number of halogens is 3. The molecule has 1 aliphatic rings. The van der Waals surface area contributed by atoms with Crippen molar-refractivity contribution in [2.75, 3.05) is 13.1 Å². The predicted molar refractivity (Wildman–Crippen MR) is 100 cm³/mol. The molecule has 1 aromatic rings. The van der Waals surface area contributed by atoms with E-state index in [1.54, 1.807) is 20.8 Å². The van der Waals surface area contributed by atoms with E-state index in [2.05, 4.69) is 5.10 Å². The Morgan fingerprint density at radius 2 is 1.66 bits per heavy atom. The molecule has 29 heavy (non-hydrogen) atoms. The number of amides is 1. The molecule has 0 aliphatic carbocycles. The highest BCUT2D eigenvalue weighted by Crippen LogP contribution is 2.42. The lowest BCUT2D eigenvalue weighted by molar-refractivity contribution is -0.143. The maximum Gasteiger partial charge on any atom is 0.436 e. The van der Waals surface area contributed by atoms with Gasteiger partial charge in [0, 0.05) is 26.3 Å². The Morgan fingerprint density at radius 3 is 2.10 bits per heavy atom. The molecule has 0 saturated carbocycles. The van der Waals surface area contributed by atoms with Crippen molar-refractivity contribution in [2.24, 2.45) is 13.0 Å². The van der Waals surface area contributed by atoms with Crippen LogP contribution in [-0.2, 0) is 27.8 Å². The van der Waals surface area contributed by atoms with Crippen molar-refractivity contribution in [3.8, 4) is 0 Å². The van der Waals surface area contributed by atoms with Gasteiger partial charge in [-0.15, -0.1) is 0 Å². The summed E-state index contributed by atoms with van der Waals surface area (Å²) >= 11 is 0. The first-order valence-electron chi connectivity index (χ1n) is 9.30. The Labute approximate surface area is 169 Å². The van der Waals surface area contributed by atoms with Gasteiger partial charge in [-0.1, -0.05) is 0 Å². The van der Waals surface area contributed by atoms with Gasteiger partial charge in [-0.25, -0.2) is 13.2 Å². The van der Waals surface area contributed by atoms with E-state index in [-0.39, 0.29) is 13.1 Å². The number of carbonyl (C=O) groups is 1. The second-order valence-electron chi connectivity index (χ2n) is 8.86. The Bertz CT molecular complexity index is 862. The summed E-state index contributed by atoms with van der Waals surface area (Å²) in [7, 11) is -3.09. The Kier molecular flexibility index (Phi) is 6.06. The van der Waals surface area contributed by atoms with Crippen LogP contribution in [0.25, 0.3) is 0 Å². The van der Waals surface area contributed by atoms with Gasteiger partial charge in [0.05, 0.1) is 4.75 Å². The summed E-state index contributed by atoms with van der Waals surface area (Å²) in [5, 5.41) is 3.32. The van der Waals surface area contributed by atoms with Crippen molar-refractivity contribution >= 4 is 15.9 Å². The second kappa shape index (κ2) is 7.48. The van der Waals surface area contributed by atoms with Crippen LogP contribution in [0.4, 0.5) is 18.0 Å². The third-order valence-corrected chi connectivity index (χ3v) is 7.77. The summed E-state index contributed by atoms with van der Waals surface area (Å²) in [5.74, 6) is -0.424. The van der Waals surface area contributed by atoms with E-state index in [0.717, 1.165) is 10.9 Å². The minimum atomic E-state index is -4.88. The van der Waals surface area contributed by atoms with Gasteiger partial charge in [-0.3, -0.25) is 4.68 Å². The number of aromatic nitrogens is 2. The molecule has 1 aliphatic heterocycles. The molecular formula is C18H28F3N3O4S. The van der Waals surface area contributed by atoms with Crippen molar-refractivity contribution in [1.29, 1.82) is 0 Å². The largest absolute Gasteiger partial charge is 0.444 e. The quantitative estimate of drug-likeness (QED) is 0.718. The molecule has 1 aromatic heterocycles. The predicted octanol–water partition coefficient (Wildman–Crippen LogP) is 3.64. The number of piperidine rings is 1. The van der Waals surface area contributed by atoms with Gasteiger partial charge in [0.25, 0.3) is 0 Å². The summed E-state index contributed by atoms with van der Waals surface area (Å²) in [6.07, 6.45) is -3.78. The normalized spacial score (nSPS) is 17.5. The molecule has 0 aromatic carbocycles. The summed E-state index contributed by atoms with van der Waals surface area (Å²) in [5.41, 5.74) is -2.05. The van der Waals surface area contributed by atoms with Crippen LogP contribution in [0.15, 0.2) is 11.1 Å². The molecule has 1 amide bonds. The maximum absolute atomic E-state index is 13.3. The number of hydrogen-bond acceptors (Lipinski definition) is 5. The highest BCUT2D eigenvalue weighted by atomic mass is 32.2. The summed E-state index contributed by atoms with van der Waals surface area (Å²) in [4.78, 5) is 12.9. The van der Waals surface area contributed by atoms with Crippen LogP contribution in [0.3, 0.4) is 0 Å². The van der Waals surface area contributed by atoms with E-state index < -0.39 is 49.0 Å². The fourth-order valence-electron chi connectivity index (χ4n) is 3.45. The first kappa shape index (κ1) is 23.5. The SMILES string of the molecule is Cn1cc(S(=O)(=O)C(C)(C)C2CCN(C(=O)OC(C)(C)C)CC2)c(C(F)(F)F)n1. The van der Waals surface area contributed by atoms with Gasteiger partial charge in [0.1, 0.15) is 10.5 Å². The van der Waals surface area contributed by atoms with Gasteiger partial charge in [0.2, 0.25) is 0 Å². The summed E-state index contributed by atoms with van der Waals surface area (Å²) < 4.78 is 71.0. The van der Waals surface area contributed by atoms with E-state index >= 15 is 0 Å². The van der Waals surface area contributed by atoms with Crippen LogP contribution in [0.1, 0.15) is 53.2 Å². The van der Waals surface area contributed by atoms with Crippen LogP contribution in [0.5, 0.6) is 0 Å². The molecule has 0 radical (unpaired) electrons. The van der Waals surface area contributed by atoms with Crippen molar-refractivity contribution in [1.82, 2.24) is 14.7 Å². The third kappa shape index (κ3) is 4.87. The number of aryl methyl sites for hydroxylation is 1. The Balaban J connectivity index is 2.23. The molecule has 0 spiro atoms. The summed E-state index contributed by atoms with van der Waals surface area (Å²) in [6.45, 7) is 8.67. The number of hydrogen-bond donors (Lipinski definition) is 0. The van der Waals surface area contributed by atoms with Crippen molar-refractivity contribution in [3.63, 3.8) is 0 Å². The van der Waals surface area contributed by atoms with Gasteiger partial charge in [-0.05, 0) is 53.4 Å². The Morgan fingerprint density at radius 1 is 1.14 bits per heavy atom. The van der Waals surface area contributed by atoms with Crippen LogP contribution >= 0.6 is 0 Å². The van der Waals surface area contributed by atoms with E-state index in [9.17, 15) is 26.4 Å². The van der Waals surface area contributed by atoms with Crippen LogP contribution in [0.2, 0.25) is 0 Å². The van der Waals surface area contributed by atoms with E-state index in [4.69, 9.17) is 4.74 Å². The Hall–Kier alpha value is -1.78. The number of likely N-dealkylation sites (tertiary alicyclic amines) is 1. The molecule has 7 nitrogen and oxygen atoms in total. The molecule has 166 valence electrons. The van der Waals surface area contributed by atoms with Crippen LogP contribution in [-0.4, -0.2) is 52.6 Å². The number of sulfone groups is 1. The average molecular weight is 440 g/mol. The molecule has 1 fully saturated rings. The van der Waals surface area contributed by atoms with Crippen molar-refractivity contribution in [3.05, 3.63) is 11.9 Å². The molecule has 1 saturated heterocycles. The second-order valence-corrected chi connectivity index (χ2v) is 11.4. The van der Waals surface area contributed by atoms with Gasteiger partial charge < -0.3 is 9.64 Å². The molecule has 2 heterocycles. The molecule has 0 N–H and O–H groups in total. The number of alkyl halides is 3. The average Bonchev–Trinajstić information content (AvgIpc) is 2.96. The lowest BCUT2D eigenvalue weighted by Gasteiger charge is -2.40. The first-order chi connectivity index (χ1) is 13.0.